The summed E-state index contributed by atoms with van der Waals surface area (Å²) >= 11 is 0. The molecule has 0 aliphatic heterocycles. The van der Waals surface area contributed by atoms with Crippen LogP contribution in [0.4, 0.5) is 0 Å². The Kier molecular flexibility index (Phi) is 4.84. The van der Waals surface area contributed by atoms with Crippen LogP contribution in [0.25, 0.3) is 0 Å². The van der Waals surface area contributed by atoms with Crippen LogP contribution in [0.1, 0.15) is 22.3 Å². The van der Waals surface area contributed by atoms with Gasteiger partial charge in [0.25, 0.3) is 0 Å². The summed E-state index contributed by atoms with van der Waals surface area (Å²) in [6, 6.07) is 7.01. The molecule has 0 saturated carbocycles. The zero-order valence-electron chi connectivity index (χ0n) is 9.85. The summed E-state index contributed by atoms with van der Waals surface area (Å²) in [5.41, 5.74) is 6.84. The van der Waals surface area contributed by atoms with E-state index in [0.29, 0.717) is 24.9 Å². The van der Waals surface area contributed by atoms with Gasteiger partial charge < -0.3 is 5.73 Å². The number of ketones is 1. The number of hydrogen-bond acceptors (Lipinski definition) is 4. The normalized spacial score (nSPS) is 11.4. The third-order valence-electron chi connectivity index (χ3n) is 2.41. The smallest absolute Gasteiger partial charge is 0.164 e. The van der Waals surface area contributed by atoms with Crippen LogP contribution < -0.4 is 5.73 Å². The fraction of sp³-hybridized carbons (Fsp3) is 0.417. The highest BCUT2D eigenvalue weighted by Crippen LogP contribution is 2.08. The molecule has 4 nitrogen and oxygen atoms in total. The fourth-order valence-electron chi connectivity index (χ4n) is 1.44. The molecule has 0 heterocycles. The molecule has 17 heavy (non-hydrogen) atoms. The Morgan fingerprint density at radius 2 is 1.82 bits per heavy atom. The summed E-state index contributed by atoms with van der Waals surface area (Å²) < 4.78 is 22.0. The van der Waals surface area contributed by atoms with E-state index in [1.165, 1.54) is 6.26 Å². The lowest BCUT2D eigenvalue weighted by Gasteiger charge is -2.02. The van der Waals surface area contributed by atoms with Crippen LogP contribution in [0.15, 0.2) is 24.3 Å². The van der Waals surface area contributed by atoms with Gasteiger partial charge in [-0.05, 0) is 18.5 Å². The van der Waals surface area contributed by atoms with Crippen LogP contribution in [0.2, 0.25) is 0 Å². The summed E-state index contributed by atoms with van der Waals surface area (Å²) in [6.45, 7) is 0.342. The Morgan fingerprint density at radius 3 is 2.29 bits per heavy atom. The lowest BCUT2D eigenvalue weighted by atomic mass is 10.1. The zero-order chi connectivity index (χ0) is 12.9. The van der Waals surface area contributed by atoms with E-state index in [1.807, 2.05) is 0 Å². The molecule has 1 aromatic carbocycles. The number of benzene rings is 1. The van der Waals surface area contributed by atoms with Crippen molar-refractivity contribution in [1.82, 2.24) is 0 Å². The van der Waals surface area contributed by atoms with Gasteiger partial charge in [0.05, 0.1) is 5.75 Å². The van der Waals surface area contributed by atoms with Crippen LogP contribution in [-0.2, 0) is 16.3 Å². The minimum atomic E-state index is -2.94. The van der Waals surface area contributed by atoms with Crippen molar-refractivity contribution < 1.29 is 13.2 Å². The van der Waals surface area contributed by atoms with Gasteiger partial charge in [-0.15, -0.1) is 0 Å². The van der Waals surface area contributed by atoms with Crippen LogP contribution in [0.3, 0.4) is 0 Å². The number of hydrogen-bond donors (Lipinski definition) is 1. The number of Topliss-reactive ketones (excluding diaryl/α,β-unsaturated/α-hetero) is 1. The molecular weight excluding hydrogens is 238 g/mol. The minimum Gasteiger partial charge on any atom is -0.330 e. The monoisotopic (exact) mass is 255 g/mol. The van der Waals surface area contributed by atoms with Crippen molar-refractivity contribution >= 4 is 15.6 Å². The molecule has 1 aromatic rings. The van der Waals surface area contributed by atoms with Gasteiger partial charge in [-0.1, -0.05) is 24.3 Å². The summed E-state index contributed by atoms with van der Waals surface area (Å²) in [6.07, 6.45) is 2.03. The SMILES string of the molecule is CS(=O)(=O)CCc1ccc(C(=O)CCN)cc1. The maximum Gasteiger partial charge on any atom is 0.164 e. The largest absolute Gasteiger partial charge is 0.330 e. The highest BCUT2D eigenvalue weighted by Gasteiger charge is 2.06. The number of aryl methyl sites for hydroxylation is 1. The Balaban J connectivity index is 2.65. The molecule has 0 unspecified atom stereocenters. The first-order valence-electron chi connectivity index (χ1n) is 5.42. The second-order valence-electron chi connectivity index (χ2n) is 4.04. The first-order valence-corrected chi connectivity index (χ1v) is 7.48. The quantitative estimate of drug-likeness (QED) is 0.763. The van der Waals surface area contributed by atoms with Crippen LogP contribution >= 0.6 is 0 Å². The van der Waals surface area contributed by atoms with Crippen molar-refractivity contribution in [2.45, 2.75) is 12.8 Å². The molecule has 94 valence electrons. The van der Waals surface area contributed by atoms with Gasteiger partial charge in [-0.2, -0.15) is 0 Å². The molecule has 0 aromatic heterocycles. The summed E-state index contributed by atoms with van der Waals surface area (Å²) in [7, 11) is -2.94. The highest BCUT2D eigenvalue weighted by molar-refractivity contribution is 7.90. The number of rotatable bonds is 6. The molecule has 1 rings (SSSR count). The van der Waals surface area contributed by atoms with E-state index < -0.39 is 9.84 Å². The van der Waals surface area contributed by atoms with Gasteiger partial charge >= 0.3 is 0 Å². The Labute approximate surface area is 102 Å². The van der Waals surface area contributed by atoms with Crippen molar-refractivity contribution in [3.05, 3.63) is 35.4 Å². The first-order chi connectivity index (χ1) is 7.92. The summed E-state index contributed by atoms with van der Waals surface area (Å²) in [5, 5.41) is 0. The number of nitrogens with two attached hydrogens (primary N) is 1. The summed E-state index contributed by atoms with van der Waals surface area (Å²) in [4.78, 5) is 11.5. The average molecular weight is 255 g/mol. The Bertz CT molecular complexity index is 477. The van der Waals surface area contributed by atoms with E-state index in [2.05, 4.69) is 0 Å². The van der Waals surface area contributed by atoms with E-state index >= 15 is 0 Å². The topological polar surface area (TPSA) is 77.2 Å². The van der Waals surface area contributed by atoms with E-state index in [-0.39, 0.29) is 11.5 Å². The van der Waals surface area contributed by atoms with E-state index in [1.54, 1.807) is 24.3 Å². The maximum absolute atomic E-state index is 11.5. The molecule has 0 spiro atoms. The van der Waals surface area contributed by atoms with Crippen molar-refractivity contribution in [3.63, 3.8) is 0 Å². The molecule has 0 saturated heterocycles. The fourth-order valence-corrected chi connectivity index (χ4v) is 2.04. The highest BCUT2D eigenvalue weighted by atomic mass is 32.2. The average Bonchev–Trinajstić information content (AvgIpc) is 2.26. The molecule has 2 N–H and O–H groups in total. The van der Waals surface area contributed by atoms with Crippen LogP contribution in [0.5, 0.6) is 0 Å². The molecular formula is C12H17NO3S. The predicted octanol–water partition coefficient (Wildman–Crippen LogP) is 0.805. The number of sulfone groups is 1. The standard InChI is InChI=1S/C12H17NO3S/c1-17(15,16)9-7-10-2-4-11(5-3-10)12(14)6-8-13/h2-5H,6-9,13H2,1H3. The van der Waals surface area contributed by atoms with Crippen molar-refractivity contribution in [2.24, 2.45) is 5.73 Å². The second kappa shape index (κ2) is 5.93. The van der Waals surface area contributed by atoms with Gasteiger partial charge in [0.1, 0.15) is 9.84 Å². The summed E-state index contributed by atoms with van der Waals surface area (Å²) in [5.74, 6) is 0.144. The van der Waals surface area contributed by atoms with Gasteiger partial charge in [0.15, 0.2) is 5.78 Å². The first kappa shape index (κ1) is 13.9. The van der Waals surface area contributed by atoms with Gasteiger partial charge in [-0.25, -0.2) is 8.42 Å². The van der Waals surface area contributed by atoms with Gasteiger partial charge in [0, 0.05) is 18.2 Å². The second-order valence-corrected chi connectivity index (χ2v) is 6.30. The lowest BCUT2D eigenvalue weighted by Crippen LogP contribution is -2.08. The van der Waals surface area contributed by atoms with Crippen molar-refractivity contribution in [1.29, 1.82) is 0 Å². The molecule has 0 atom stereocenters. The van der Waals surface area contributed by atoms with E-state index in [9.17, 15) is 13.2 Å². The molecule has 0 aliphatic rings. The molecule has 0 aliphatic carbocycles. The van der Waals surface area contributed by atoms with E-state index in [0.717, 1.165) is 5.56 Å². The molecule has 0 bridgehead atoms. The van der Waals surface area contributed by atoms with E-state index in [4.69, 9.17) is 5.73 Å². The molecule has 0 fully saturated rings. The lowest BCUT2D eigenvalue weighted by molar-refractivity contribution is 0.0985. The van der Waals surface area contributed by atoms with Gasteiger partial charge in [0.2, 0.25) is 0 Å². The van der Waals surface area contributed by atoms with Gasteiger partial charge in [-0.3, -0.25) is 4.79 Å². The van der Waals surface area contributed by atoms with Crippen molar-refractivity contribution in [3.8, 4) is 0 Å². The minimum absolute atomic E-state index is 0.0159. The maximum atomic E-state index is 11.5. The zero-order valence-corrected chi connectivity index (χ0v) is 10.7. The third-order valence-corrected chi connectivity index (χ3v) is 3.35. The third kappa shape index (κ3) is 5.10. The number of carbonyl (C=O) groups is 1. The predicted molar refractivity (Wildman–Crippen MR) is 67.9 cm³/mol. The Hall–Kier alpha value is -1.20. The molecule has 0 radical (unpaired) electrons. The molecule has 0 amide bonds. The molecule has 5 heteroatoms. The number of carbonyl (C=O) groups excluding carboxylic acids is 1. The van der Waals surface area contributed by atoms with Crippen LogP contribution in [-0.4, -0.2) is 32.8 Å². The van der Waals surface area contributed by atoms with Crippen LogP contribution in [0, 0.1) is 0 Å². The Morgan fingerprint density at radius 1 is 1.24 bits per heavy atom. The van der Waals surface area contributed by atoms with Crippen molar-refractivity contribution in [2.75, 3.05) is 18.6 Å².